The van der Waals surface area contributed by atoms with Crippen LogP contribution in [0, 0.1) is 0 Å². The fourth-order valence-electron chi connectivity index (χ4n) is 2.60. The number of benzene rings is 1. The second-order valence-corrected chi connectivity index (χ2v) is 5.96. The highest BCUT2D eigenvalue weighted by molar-refractivity contribution is 5.94. The Labute approximate surface area is 151 Å². The fourth-order valence-corrected chi connectivity index (χ4v) is 2.60. The summed E-state index contributed by atoms with van der Waals surface area (Å²) in [6.07, 6.45) is 0.232. The number of nitrogens with zero attached hydrogens (tertiary/aromatic N) is 2. The van der Waals surface area contributed by atoms with E-state index in [1.807, 2.05) is 13.8 Å². The molecule has 26 heavy (non-hydrogen) atoms. The van der Waals surface area contributed by atoms with E-state index in [9.17, 15) is 18.0 Å². The highest BCUT2D eigenvalue weighted by Crippen LogP contribution is 2.31. The summed E-state index contributed by atoms with van der Waals surface area (Å²) in [6, 6.07) is 6.50. The molecular weight excluding hydrogens is 343 g/mol. The summed E-state index contributed by atoms with van der Waals surface area (Å²) in [6.45, 7) is 5.30. The molecule has 1 N–H and O–H groups in total. The van der Waals surface area contributed by atoms with E-state index in [0.717, 1.165) is 25.0 Å². The molecule has 1 amide bonds. The molecule has 0 aliphatic carbocycles. The number of hydrogen-bond donors (Lipinski definition) is 1. The van der Waals surface area contributed by atoms with Crippen LogP contribution < -0.4 is 5.32 Å². The highest BCUT2D eigenvalue weighted by Gasteiger charge is 2.30. The van der Waals surface area contributed by atoms with E-state index in [1.54, 1.807) is 11.0 Å². The Morgan fingerprint density at radius 1 is 1.08 bits per heavy atom. The average Bonchev–Trinajstić information content (AvgIpc) is 2.61. The Morgan fingerprint density at radius 2 is 1.77 bits per heavy atom. The number of aromatic nitrogens is 1. The first kappa shape index (κ1) is 19.8. The molecule has 1 aromatic carbocycles. The third kappa shape index (κ3) is 5.21. The smallest absolute Gasteiger partial charge is 0.354 e. The molecule has 0 fully saturated rings. The first-order chi connectivity index (χ1) is 12.3. The van der Waals surface area contributed by atoms with Gasteiger partial charge in [-0.25, -0.2) is 0 Å². The van der Waals surface area contributed by atoms with Gasteiger partial charge in [0, 0.05) is 25.0 Å². The lowest BCUT2D eigenvalue weighted by atomic mass is 10.2. The topological polar surface area (TPSA) is 45.2 Å². The summed E-state index contributed by atoms with van der Waals surface area (Å²) >= 11 is 0. The fraction of sp³-hybridized carbons (Fsp3) is 0.368. The van der Waals surface area contributed by atoms with Crippen LogP contribution >= 0.6 is 0 Å². The maximum Gasteiger partial charge on any atom is 0.416 e. The van der Waals surface area contributed by atoms with Crippen LogP contribution in [0.25, 0.3) is 0 Å². The van der Waals surface area contributed by atoms with Crippen molar-refractivity contribution in [1.29, 1.82) is 0 Å². The molecule has 0 aliphatic rings. The molecule has 1 aromatic heterocycles. The van der Waals surface area contributed by atoms with Crippen LogP contribution in [0.4, 0.5) is 24.5 Å². The van der Waals surface area contributed by atoms with Gasteiger partial charge in [0.1, 0.15) is 0 Å². The summed E-state index contributed by atoms with van der Waals surface area (Å²) < 4.78 is 38.5. The molecule has 2 rings (SSSR count). The molecule has 7 heteroatoms. The van der Waals surface area contributed by atoms with Gasteiger partial charge in [0.05, 0.1) is 23.0 Å². The second kappa shape index (κ2) is 8.69. The summed E-state index contributed by atoms with van der Waals surface area (Å²) in [5.74, 6) is -0.131. The van der Waals surface area contributed by atoms with Crippen molar-refractivity contribution in [2.24, 2.45) is 0 Å². The zero-order chi connectivity index (χ0) is 19.2. The summed E-state index contributed by atoms with van der Waals surface area (Å²) in [5, 5.41) is 2.88. The van der Waals surface area contributed by atoms with Gasteiger partial charge < -0.3 is 10.2 Å². The van der Waals surface area contributed by atoms with Crippen molar-refractivity contribution in [3.8, 4) is 0 Å². The summed E-state index contributed by atoms with van der Waals surface area (Å²) in [5.41, 5.74) is 0.414. The maximum atomic E-state index is 12.8. The van der Waals surface area contributed by atoms with E-state index < -0.39 is 11.7 Å². The van der Waals surface area contributed by atoms with Crippen molar-refractivity contribution in [2.75, 3.05) is 18.4 Å². The molecule has 0 saturated carbocycles. The number of pyridine rings is 1. The lowest BCUT2D eigenvalue weighted by molar-refractivity contribution is -0.137. The SMILES string of the molecule is CCCN(CCC)C(=O)c1cncc(Nc2cccc(C(F)(F)F)c2)c1. The zero-order valence-corrected chi connectivity index (χ0v) is 14.8. The molecule has 1 heterocycles. The molecule has 0 radical (unpaired) electrons. The first-order valence-corrected chi connectivity index (χ1v) is 8.53. The molecule has 4 nitrogen and oxygen atoms in total. The Balaban J connectivity index is 2.20. The Kier molecular flexibility index (Phi) is 6.60. The monoisotopic (exact) mass is 365 g/mol. The lowest BCUT2D eigenvalue weighted by Crippen LogP contribution is -2.32. The van der Waals surface area contributed by atoms with Crippen molar-refractivity contribution in [2.45, 2.75) is 32.9 Å². The van der Waals surface area contributed by atoms with Crippen molar-refractivity contribution in [3.63, 3.8) is 0 Å². The number of nitrogens with one attached hydrogen (secondary N) is 1. The Hall–Kier alpha value is -2.57. The van der Waals surface area contributed by atoms with Gasteiger partial charge in [-0.2, -0.15) is 13.2 Å². The molecule has 0 bridgehead atoms. The number of carbonyl (C=O) groups excluding carboxylic acids is 1. The minimum atomic E-state index is -4.41. The van der Waals surface area contributed by atoms with E-state index in [1.165, 1.54) is 24.5 Å². The standard InChI is InChI=1S/C19H22F3N3O/c1-3-8-25(9-4-2)18(26)14-10-17(13-23-12-14)24-16-7-5-6-15(11-16)19(20,21)22/h5-7,10-13,24H,3-4,8-9H2,1-2H3. The van der Waals surface area contributed by atoms with Crippen LogP contribution in [-0.2, 0) is 6.18 Å². The number of halogens is 3. The molecular formula is C19H22F3N3O. The normalized spacial score (nSPS) is 11.3. The molecule has 0 saturated heterocycles. The number of hydrogen-bond acceptors (Lipinski definition) is 3. The number of rotatable bonds is 7. The second-order valence-electron chi connectivity index (χ2n) is 5.96. The van der Waals surface area contributed by atoms with E-state index in [-0.39, 0.29) is 11.6 Å². The summed E-state index contributed by atoms with van der Waals surface area (Å²) in [4.78, 5) is 18.4. The van der Waals surface area contributed by atoms with E-state index >= 15 is 0 Å². The molecule has 140 valence electrons. The highest BCUT2D eigenvalue weighted by atomic mass is 19.4. The number of anilines is 2. The minimum Gasteiger partial charge on any atom is -0.354 e. The molecule has 0 spiro atoms. The van der Waals surface area contributed by atoms with Gasteiger partial charge in [-0.1, -0.05) is 19.9 Å². The van der Waals surface area contributed by atoms with Crippen LogP contribution in [-0.4, -0.2) is 28.9 Å². The predicted molar refractivity (Wildman–Crippen MR) is 95.4 cm³/mol. The van der Waals surface area contributed by atoms with E-state index in [4.69, 9.17) is 0 Å². The van der Waals surface area contributed by atoms with Gasteiger partial charge in [0.15, 0.2) is 0 Å². The Bertz CT molecular complexity index is 741. The van der Waals surface area contributed by atoms with Crippen molar-refractivity contribution >= 4 is 17.3 Å². The van der Waals surface area contributed by atoms with Gasteiger partial charge in [-0.3, -0.25) is 9.78 Å². The average molecular weight is 365 g/mol. The number of amides is 1. The van der Waals surface area contributed by atoms with Gasteiger partial charge >= 0.3 is 6.18 Å². The van der Waals surface area contributed by atoms with Gasteiger partial charge in [0.2, 0.25) is 0 Å². The van der Waals surface area contributed by atoms with Crippen LogP contribution in [0.1, 0.15) is 42.6 Å². The zero-order valence-electron chi connectivity index (χ0n) is 14.8. The van der Waals surface area contributed by atoms with Gasteiger partial charge in [0.25, 0.3) is 5.91 Å². The minimum absolute atomic E-state index is 0.131. The van der Waals surface area contributed by atoms with E-state index in [2.05, 4.69) is 10.3 Å². The van der Waals surface area contributed by atoms with Crippen molar-refractivity contribution in [3.05, 3.63) is 53.9 Å². The number of alkyl halides is 3. The number of carbonyl (C=O) groups is 1. The Morgan fingerprint density at radius 3 is 2.38 bits per heavy atom. The molecule has 0 unspecified atom stereocenters. The summed E-state index contributed by atoms with van der Waals surface area (Å²) in [7, 11) is 0. The van der Waals surface area contributed by atoms with Gasteiger partial charge in [-0.05, 0) is 37.1 Å². The molecule has 0 aliphatic heterocycles. The molecule has 2 aromatic rings. The van der Waals surface area contributed by atoms with Crippen LogP contribution in [0.15, 0.2) is 42.7 Å². The van der Waals surface area contributed by atoms with Crippen LogP contribution in [0.5, 0.6) is 0 Å². The van der Waals surface area contributed by atoms with Crippen LogP contribution in [0.3, 0.4) is 0 Å². The predicted octanol–water partition coefficient (Wildman–Crippen LogP) is 5.11. The lowest BCUT2D eigenvalue weighted by Gasteiger charge is -2.21. The largest absolute Gasteiger partial charge is 0.416 e. The first-order valence-electron chi connectivity index (χ1n) is 8.53. The van der Waals surface area contributed by atoms with Crippen molar-refractivity contribution in [1.82, 2.24) is 9.88 Å². The van der Waals surface area contributed by atoms with Crippen LogP contribution in [0.2, 0.25) is 0 Å². The van der Waals surface area contributed by atoms with Crippen molar-refractivity contribution < 1.29 is 18.0 Å². The quantitative estimate of drug-likeness (QED) is 0.742. The van der Waals surface area contributed by atoms with Gasteiger partial charge in [-0.15, -0.1) is 0 Å². The third-order valence-electron chi connectivity index (χ3n) is 3.74. The molecule has 0 atom stereocenters. The maximum absolute atomic E-state index is 12.8. The van der Waals surface area contributed by atoms with E-state index in [0.29, 0.717) is 24.3 Å². The third-order valence-corrected chi connectivity index (χ3v) is 3.74.